The minimum atomic E-state index is -0.185. The Morgan fingerprint density at radius 2 is 1.47 bits per heavy atom. The summed E-state index contributed by atoms with van der Waals surface area (Å²) in [6, 6.07) is 33.7. The van der Waals surface area contributed by atoms with E-state index in [0.29, 0.717) is 17.9 Å². The molecule has 3 nitrogen and oxygen atoms in total. The summed E-state index contributed by atoms with van der Waals surface area (Å²) in [5.74, 6) is 0.388. The van der Waals surface area contributed by atoms with E-state index in [2.05, 4.69) is 33.4 Å². The maximum Gasteiger partial charge on any atom is 0.259 e. The Bertz CT molecular complexity index is 1180. The van der Waals surface area contributed by atoms with E-state index >= 15 is 0 Å². The number of ether oxygens (including phenoxy) is 1. The second-order valence-corrected chi connectivity index (χ2v) is 8.24. The van der Waals surface area contributed by atoms with E-state index in [1.807, 2.05) is 91.0 Å². The lowest BCUT2D eigenvalue weighted by Gasteiger charge is -2.14. The van der Waals surface area contributed by atoms with Crippen LogP contribution in [0.15, 0.2) is 103 Å². The number of carbonyl (C=O) groups is 1. The van der Waals surface area contributed by atoms with Gasteiger partial charge in [-0.15, -0.1) is 0 Å². The highest BCUT2D eigenvalue weighted by Gasteiger charge is 2.15. The normalized spacial score (nSPS) is 10.5. The topological polar surface area (TPSA) is 38.3 Å². The van der Waals surface area contributed by atoms with E-state index in [0.717, 1.165) is 39.7 Å². The molecule has 0 saturated carbocycles. The van der Waals surface area contributed by atoms with Gasteiger partial charge in [-0.2, -0.15) is 0 Å². The fourth-order valence-corrected chi connectivity index (χ4v) is 3.94. The maximum atomic E-state index is 13.2. The predicted molar refractivity (Wildman–Crippen MR) is 135 cm³/mol. The zero-order valence-electron chi connectivity index (χ0n) is 17.6. The van der Waals surface area contributed by atoms with Crippen molar-refractivity contribution in [3.63, 3.8) is 0 Å². The van der Waals surface area contributed by atoms with E-state index in [-0.39, 0.29) is 5.91 Å². The summed E-state index contributed by atoms with van der Waals surface area (Å²) >= 11 is 3.48. The Morgan fingerprint density at radius 1 is 0.750 bits per heavy atom. The fourth-order valence-electron chi connectivity index (χ4n) is 3.49. The number of halogens is 1. The smallest absolute Gasteiger partial charge is 0.259 e. The molecule has 0 spiro atoms. The van der Waals surface area contributed by atoms with Gasteiger partial charge < -0.3 is 10.1 Å². The number of hydrogen-bond donors (Lipinski definition) is 1. The molecule has 0 aliphatic rings. The first kappa shape index (κ1) is 21.8. The number of carbonyl (C=O) groups excluding carboxylic acids is 1. The first-order valence-corrected chi connectivity index (χ1v) is 11.7. The van der Waals surface area contributed by atoms with Gasteiger partial charge in [0.2, 0.25) is 0 Å². The molecule has 0 saturated heterocycles. The third-order valence-electron chi connectivity index (χ3n) is 5.14. The summed E-state index contributed by atoms with van der Waals surface area (Å²) < 4.78 is 6.04. The van der Waals surface area contributed by atoms with Crippen LogP contribution in [0.1, 0.15) is 21.5 Å². The summed E-state index contributed by atoms with van der Waals surface area (Å²) in [5, 5.41) is 3.88. The first-order chi connectivity index (χ1) is 15.7. The summed E-state index contributed by atoms with van der Waals surface area (Å²) in [5.41, 5.74) is 5.57. The van der Waals surface area contributed by atoms with Gasteiger partial charge in [0.1, 0.15) is 12.4 Å². The number of aryl methyl sites for hydroxylation is 1. The maximum absolute atomic E-state index is 13.2. The van der Waals surface area contributed by atoms with Crippen molar-refractivity contribution >= 4 is 27.5 Å². The molecule has 4 rings (SSSR count). The summed E-state index contributed by atoms with van der Waals surface area (Å²) in [4.78, 5) is 13.2. The lowest BCUT2D eigenvalue weighted by molar-refractivity contribution is 0.102. The average molecular weight is 486 g/mol. The van der Waals surface area contributed by atoms with E-state index < -0.39 is 0 Å². The van der Waals surface area contributed by atoms with Crippen LogP contribution in [0.5, 0.6) is 5.75 Å². The molecule has 160 valence electrons. The van der Waals surface area contributed by atoms with Crippen LogP contribution in [-0.4, -0.2) is 11.2 Å². The van der Waals surface area contributed by atoms with Gasteiger partial charge in [0.25, 0.3) is 5.91 Å². The van der Waals surface area contributed by atoms with Gasteiger partial charge >= 0.3 is 0 Å². The molecule has 0 aromatic heterocycles. The Hall–Kier alpha value is -3.37. The molecule has 4 heteroatoms. The van der Waals surface area contributed by atoms with Crippen molar-refractivity contribution in [3.05, 3.63) is 120 Å². The highest BCUT2D eigenvalue weighted by molar-refractivity contribution is 9.09. The largest absolute Gasteiger partial charge is 0.488 e. The molecule has 0 unspecified atom stereocenters. The van der Waals surface area contributed by atoms with Gasteiger partial charge in [-0.05, 0) is 52.9 Å². The molecule has 4 aromatic rings. The second-order valence-electron chi connectivity index (χ2n) is 7.44. The van der Waals surface area contributed by atoms with Crippen molar-refractivity contribution in [2.45, 2.75) is 13.0 Å². The number of rotatable bonds is 8. The number of hydrogen-bond acceptors (Lipinski definition) is 2. The fraction of sp³-hybridized carbons (Fsp3) is 0.107. The van der Waals surface area contributed by atoms with Crippen molar-refractivity contribution in [2.24, 2.45) is 0 Å². The van der Waals surface area contributed by atoms with Gasteiger partial charge in [0.05, 0.1) is 5.56 Å². The number of amides is 1. The number of nitrogens with one attached hydrogen (secondary N) is 1. The van der Waals surface area contributed by atoms with E-state index in [1.54, 1.807) is 0 Å². The van der Waals surface area contributed by atoms with Crippen LogP contribution < -0.4 is 10.1 Å². The first-order valence-electron chi connectivity index (χ1n) is 10.6. The van der Waals surface area contributed by atoms with Crippen molar-refractivity contribution in [1.29, 1.82) is 0 Å². The quantitative estimate of drug-likeness (QED) is 0.269. The molecule has 0 radical (unpaired) electrons. The molecular formula is C28H24BrNO2. The molecule has 0 fully saturated rings. The zero-order chi connectivity index (χ0) is 22.2. The lowest BCUT2D eigenvalue weighted by atomic mass is 10.0. The van der Waals surface area contributed by atoms with E-state index in [4.69, 9.17) is 4.74 Å². The highest BCUT2D eigenvalue weighted by atomic mass is 79.9. The van der Waals surface area contributed by atoms with Crippen LogP contribution in [0.25, 0.3) is 11.1 Å². The number of benzene rings is 4. The minimum absolute atomic E-state index is 0.185. The van der Waals surface area contributed by atoms with Gasteiger partial charge in [-0.3, -0.25) is 4.79 Å². The van der Waals surface area contributed by atoms with Gasteiger partial charge in [0.15, 0.2) is 0 Å². The van der Waals surface area contributed by atoms with Crippen LogP contribution in [0.4, 0.5) is 5.69 Å². The molecule has 0 heterocycles. The van der Waals surface area contributed by atoms with Crippen molar-refractivity contribution in [2.75, 3.05) is 10.6 Å². The summed E-state index contributed by atoms with van der Waals surface area (Å²) in [6.45, 7) is 0.405. The molecule has 4 aromatic carbocycles. The van der Waals surface area contributed by atoms with Crippen LogP contribution in [-0.2, 0) is 13.0 Å². The minimum Gasteiger partial charge on any atom is -0.488 e. The van der Waals surface area contributed by atoms with Crippen LogP contribution in [0, 0.1) is 0 Å². The Balaban J connectivity index is 1.57. The summed E-state index contributed by atoms with van der Waals surface area (Å²) in [7, 11) is 0. The Morgan fingerprint density at radius 3 is 2.22 bits per heavy atom. The molecular weight excluding hydrogens is 462 g/mol. The van der Waals surface area contributed by atoms with Crippen molar-refractivity contribution in [1.82, 2.24) is 0 Å². The van der Waals surface area contributed by atoms with Crippen LogP contribution >= 0.6 is 15.9 Å². The third kappa shape index (κ3) is 5.65. The number of alkyl halides is 1. The van der Waals surface area contributed by atoms with E-state index in [1.165, 1.54) is 0 Å². The molecule has 0 aliphatic carbocycles. The SMILES string of the molecule is O=C(Nc1cccc(-c2ccccc2)c1)c1cc(CCBr)ccc1OCc1ccccc1. The predicted octanol–water partition coefficient (Wildman–Crippen LogP) is 7.12. The number of anilines is 1. The summed E-state index contributed by atoms with van der Waals surface area (Å²) in [6.07, 6.45) is 0.836. The van der Waals surface area contributed by atoms with Gasteiger partial charge in [0, 0.05) is 11.0 Å². The average Bonchev–Trinajstić information content (AvgIpc) is 2.85. The molecule has 1 amide bonds. The van der Waals surface area contributed by atoms with Crippen LogP contribution in [0.2, 0.25) is 0 Å². The highest BCUT2D eigenvalue weighted by Crippen LogP contribution is 2.26. The molecule has 0 bridgehead atoms. The molecule has 0 aliphatic heterocycles. The molecule has 0 atom stereocenters. The molecule has 1 N–H and O–H groups in total. The van der Waals surface area contributed by atoms with Crippen LogP contribution in [0.3, 0.4) is 0 Å². The molecule has 32 heavy (non-hydrogen) atoms. The third-order valence-corrected chi connectivity index (χ3v) is 5.53. The Kier molecular flexibility index (Phi) is 7.36. The second kappa shape index (κ2) is 10.8. The standard InChI is InChI=1S/C28H24BrNO2/c29-17-16-21-14-15-27(32-20-22-8-3-1-4-9-22)26(18-21)28(31)30-25-13-7-12-24(19-25)23-10-5-2-6-11-23/h1-15,18-19H,16-17,20H2,(H,30,31). The lowest BCUT2D eigenvalue weighted by Crippen LogP contribution is -2.14. The van der Waals surface area contributed by atoms with Gasteiger partial charge in [-0.25, -0.2) is 0 Å². The van der Waals surface area contributed by atoms with Crippen molar-refractivity contribution in [3.8, 4) is 16.9 Å². The zero-order valence-corrected chi connectivity index (χ0v) is 19.2. The van der Waals surface area contributed by atoms with Crippen molar-refractivity contribution < 1.29 is 9.53 Å². The monoisotopic (exact) mass is 485 g/mol. The van der Waals surface area contributed by atoms with Gasteiger partial charge in [-0.1, -0.05) is 94.8 Å². The van der Waals surface area contributed by atoms with E-state index in [9.17, 15) is 4.79 Å². The Labute approximate surface area is 197 Å².